The molecule has 5 heterocycles. The number of likely N-dealkylation sites (N-methyl/N-ethyl adjacent to an activating group) is 2. The smallest absolute Gasteiger partial charge is 0.415 e. The zero-order valence-electron chi connectivity index (χ0n) is 49.1. The van der Waals surface area contributed by atoms with Crippen LogP contribution in [0.15, 0.2) is 72.8 Å². The average Bonchev–Trinajstić information content (AvgIpc) is 1.62. The summed E-state index contributed by atoms with van der Waals surface area (Å²) in [5, 5.41) is 17.3. The molecule has 3 aromatic carbocycles. The maximum Gasteiger partial charge on any atom is 0.415 e. The molecule has 0 radical (unpaired) electrons. The van der Waals surface area contributed by atoms with Crippen LogP contribution < -0.4 is 35.6 Å². The summed E-state index contributed by atoms with van der Waals surface area (Å²) < 4.78 is 18.7. The number of aryl methyl sites for hydroxylation is 1. The molecule has 8 rings (SSSR count). The number of hydrogen-bond acceptors (Lipinski definition) is 14. The highest BCUT2D eigenvalue weighted by Gasteiger charge is 2.39. The van der Waals surface area contributed by atoms with Gasteiger partial charge in [-0.25, -0.2) is 19.2 Å². The van der Waals surface area contributed by atoms with E-state index in [4.69, 9.17) is 31.5 Å². The number of hydrogen-bond donors (Lipinski definition) is 5. The molecule has 23 nitrogen and oxygen atoms in total. The number of thiophene rings is 1. The number of fused-ring (bicyclic) bond motifs is 4. The van der Waals surface area contributed by atoms with Crippen molar-refractivity contribution < 1.29 is 62.5 Å². The van der Waals surface area contributed by atoms with E-state index in [0.717, 1.165) is 61.2 Å². The molecule has 460 valence electrons. The Morgan fingerprint density at radius 1 is 0.884 bits per heavy atom. The minimum Gasteiger partial charge on any atom is -0.492 e. The number of nitrogens with two attached hydrogens (primary N) is 1. The Morgan fingerprint density at radius 3 is 2.27 bits per heavy atom. The highest BCUT2D eigenvalue weighted by atomic mass is 35.5. The third kappa shape index (κ3) is 15.8. The molecule has 0 bridgehead atoms. The highest BCUT2D eigenvalue weighted by molar-refractivity contribution is 7.19. The van der Waals surface area contributed by atoms with E-state index in [0.29, 0.717) is 54.7 Å². The van der Waals surface area contributed by atoms with E-state index in [1.807, 2.05) is 37.3 Å². The van der Waals surface area contributed by atoms with Crippen LogP contribution in [0.25, 0.3) is 21.0 Å². The van der Waals surface area contributed by atoms with E-state index >= 15 is 0 Å². The van der Waals surface area contributed by atoms with Crippen LogP contribution in [0.1, 0.15) is 97.6 Å². The fourth-order valence-electron chi connectivity index (χ4n) is 10.8. The summed E-state index contributed by atoms with van der Waals surface area (Å²) >= 11 is 8.13. The number of nitrogens with zero attached hydrogens (tertiary/aromatic N) is 6. The van der Waals surface area contributed by atoms with Gasteiger partial charge in [-0.2, -0.15) is 0 Å². The lowest BCUT2D eigenvalue weighted by Crippen LogP contribution is -2.56. The minimum absolute atomic E-state index is 0.0321. The molecule has 2 aromatic heterocycles. The van der Waals surface area contributed by atoms with Gasteiger partial charge in [0.25, 0.3) is 23.6 Å². The first kappa shape index (κ1) is 63.8. The molecule has 3 aliphatic rings. The molecule has 9 amide bonds. The lowest BCUT2D eigenvalue weighted by molar-refractivity contribution is -0.141. The van der Waals surface area contributed by atoms with Gasteiger partial charge in [-0.05, 0) is 112 Å². The molecule has 0 unspecified atom stereocenters. The van der Waals surface area contributed by atoms with Gasteiger partial charge in [0.15, 0.2) is 0 Å². The van der Waals surface area contributed by atoms with Crippen LogP contribution in [-0.2, 0) is 35.3 Å². The number of aliphatic carboxylic acids is 1. The summed E-state index contributed by atoms with van der Waals surface area (Å²) in [5.41, 5.74) is 8.58. The Bertz CT molecular complexity index is 3340. The molecule has 25 heteroatoms. The molecule has 0 aliphatic carbocycles. The number of benzene rings is 3. The van der Waals surface area contributed by atoms with Crippen molar-refractivity contribution in [3.05, 3.63) is 94.5 Å². The number of H-pyrrole nitrogens is 1. The quantitative estimate of drug-likeness (QED) is 0.0182. The maximum absolute atomic E-state index is 14.5. The molecule has 1 fully saturated rings. The number of ether oxygens (including phenoxy) is 3. The standard InChI is InChI=1S/C61H75ClN10O13S/c1-37(2)54(66-50(73)13-7-6-8-25-70-51(74)20-21-52(70)75)57(77)72(47(58(78)79)12-11-22-64-59(63)80)42-16-14-39(15-17-42)36-84-60(81)67(4)26-27-68(5)61(82)85-49-33-48-53(55-44(49)30-38(3)86-55)41(34-62)35-71(48)56(76)46-32-40-31-43(18-19-45(40)65-46)83-29-28-69-23-9-10-24-69/h14-21,30-33,37,41,47,54,65H,6-13,22-29,34-36H2,1-5H3,(H,66,73)(H,78,79)(H3,63,64,80)/t41-,47-,54-/m0/s1. The highest BCUT2D eigenvalue weighted by Crippen LogP contribution is 2.49. The summed E-state index contributed by atoms with van der Waals surface area (Å²) in [6, 6.07) is 14.0. The number of halogens is 1. The minimum atomic E-state index is -1.44. The van der Waals surface area contributed by atoms with Gasteiger partial charge in [0, 0.05) is 127 Å². The second-order valence-corrected chi connectivity index (χ2v) is 23.8. The molecule has 6 N–H and O–H groups in total. The number of urea groups is 1. The van der Waals surface area contributed by atoms with Gasteiger partial charge in [-0.1, -0.05) is 32.4 Å². The number of carboxylic acid groups (broad SMARTS) is 1. The van der Waals surface area contributed by atoms with Crippen molar-refractivity contribution in [1.82, 2.24) is 35.2 Å². The number of likely N-dealkylation sites (tertiary alicyclic amines) is 1. The molecule has 3 aliphatic heterocycles. The Labute approximate surface area is 507 Å². The number of amides is 9. The molecule has 0 spiro atoms. The van der Waals surface area contributed by atoms with Gasteiger partial charge in [-0.15, -0.1) is 22.9 Å². The van der Waals surface area contributed by atoms with Crippen molar-refractivity contribution in [2.75, 3.05) is 88.7 Å². The van der Waals surface area contributed by atoms with E-state index in [-0.39, 0.29) is 93.0 Å². The summed E-state index contributed by atoms with van der Waals surface area (Å²) in [6.07, 6.45) is 4.91. The number of unbranched alkanes of at least 4 members (excludes halogenated alkanes) is 2. The molecular weight excluding hydrogens is 1150 g/mol. The number of aromatic nitrogens is 1. The van der Waals surface area contributed by atoms with E-state index in [2.05, 4.69) is 20.5 Å². The Balaban J connectivity index is 0.871. The van der Waals surface area contributed by atoms with Crippen molar-refractivity contribution in [3.63, 3.8) is 0 Å². The predicted octanol–water partition coefficient (Wildman–Crippen LogP) is 7.71. The third-order valence-corrected chi connectivity index (χ3v) is 17.0. The molecule has 3 atom stereocenters. The first-order valence-corrected chi connectivity index (χ1v) is 30.3. The molecule has 1 saturated heterocycles. The number of nitrogens with one attached hydrogen (secondary N) is 3. The predicted molar refractivity (Wildman–Crippen MR) is 326 cm³/mol. The van der Waals surface area contributed by atoms with Crippen LogP contribution in [0.5, 0.6) is 11.5 Å². The van der Waals surface area contributed by atoms with E-state index in [1.54, 1.807) is 36.9 Å². The number of carbonyl (C=O) groups excluding carboxylic acids is 8. The fourth-order valence-corrected chi connectivity index (χ4v) is 12.2. The topological polar surface area (TPSA) is 287 Å². The first-order chi connectivity index (χ1) is 41.2. The number of anilines is 2. The third-order valence-electron chi connectivity index (χ3n) is 15.5. The van der Waals surface area contributed by atoms with Gasteiger partial charge < -0.3 is 55.4 Å². The average molecular weight is 1220 g/mol. The Hall–Kier alpha value is -8.22. The Morgan fingerprint density at radius 2 is 1.59 bits per heavy atom. The van der Waals surface area contributed by atoms with Gasteiger partial charge in [0.1, 0.15) is 42.5 Å². The second kappa shape index (κ2) is 29.2. The van der Waals surface area contributed by atoms with Crippen molar-refractivity contribution >= 4 is 109 Å². The van der Waals surface area contributed by atoms with Crippen molar-refractivity contribution in [1.29, 1.82) is 0 Å². The maximum atomic E-state index is 14.5. The van der Waals surface area contributed by atoms with Crippen LogP contribution in [0.4, 0.5) is 25.8 Å². The van der Waals surface area contributed by atoms with E-state index < -0.39 is 54.0 Å². The number of rotatable bonds is 28. The summed E-state index contributed by atoms with van der Waals surface area (Å²) in [5.74, 6) is -2.92. The van der Waals surface area contributed by atoms with Crippen molar-refractivity contribution in [2.45, 2.75) is 96.7 Å². The van der Waals surface area contributed by atoms with Crippen LogP contribution in [0, 0.1) is 12.8 Å². The summed E-state index contributed by atoms with van der Waals surface area (Å²) in [6.45, 7) is 9.46. The SMILES string of the molecule is Cc1cc2c(OC(=O)N(C)CCN(C)C(=O)OCc3ccc(N(C(=O)[C@@H](NC(=O)CCCCCN4C(=O)C=CC4=O)C(C)C)[C@@H](CCCNC(N)=O)C(=O)O)cc3)cc3c(c2s1)[C@@H](CCl)CN3C(=O)c1cc2cc(OCCN3CCCC3)ccc2[nH]1. The van der Waals surface area contributed by atoms with Crippen LogP contribution in [-0.4, -0.2) is 174 Å². The summed E-state index contributed by atoms with van der Waals surface area (Å²) in [4.78, 5) is 131. The van der Waals surface area contributed by atoms with Gasteiger partial charge in [0.2, 0.25) is 5.91 Å². The first-order valence-electron chi connectivity index (χ1n) is 29.0. The number of carbonyl (C=O) groups is 9. The fraction of sp³-hybridized carbons (Fsp3) is 0.459. The lowest BCUT2D eigenvalue weighted by atomic mass is 9.99. The zero-order valence-corrected chi connectivity index (χ0v) is 50.6. The van der Waals surface area contributed by atoms with E-state index in [1.165, 1.54) is 72.4 Å². The van der Waals surface area contributed by atoms with E-state index in [9.17, 15) is 48.3 Å². The van der Waals surface area contributed by atoms with Crippen LogP contribution in [0.2, 0.25) is 0 Å². The molecule has 5 aromatic rings. The van der Waals surface area contributed by atoms with Crippen LogP contribution in [0.3, 0.4) is 0 Å². The number of carboxylic acids is 1. The van der Waals surface area contributed by atoms with Crippen molar-refractivity contribution in [2.24, 2.45) is 11.7 Å². The Kier molecular flexibility index (Phi) is 21.7. The zero-order chi connectivity index (χ0) is 61.8. The monoisotopic (exact) mass is 1220 g/mol. The van der Waals surface area contributed by atoms with Gasteiger partial charge in [-0.3, -0.25) is 38.7 Å². The number of imide groups is 1. The van der Waals surface area contributed by atoms with Gasteiger partial charge in [0.05, 0.1) is 5.69 Å². The molecule has 86 heavy (non-hydrogen) atoms. The molecule has 0 saturated carbocycles. The number of aromatic amines is 1. The number of primary amides is 1. The van der Waals surface area contributed by atoms with Gasteiger partial charge >= 0.3 is 24.2 Å². The lowest BCUT2D eigenvalue weighted by Gasteiger charge is -2.34. The van der Waals surface area contributed by atoms with Crippen LogP contribution >= 0.6 is 22.9 Å². The number of alkyl halides is 1. The molecular formula is C61H75ClN10O13S. The second-order valence-electron chi connectivity index (χ2n) is 22.2. The summed E-state index contributed by atoms with van der Waals surface area (Å²) in [7, 11) is 3.05. The normalized spacial score (nSPS) is 15.5. The van der Waals surface area contributed by atoms with Crippen molar-refractivity contribution in [3.8, 4) is 11.5 Å². The largest absolute Gasteiger partial charge is 0.492 e.